The van der Waals surface area contributed by atoms with Gasteiger partial charge in [0.25, 0.3) is 0 Å². The van der Waals surface area contributed by atoms with Gasteiger partial charge in [0.15, 0.2) is 17.5 Å². The van der Waals surface area contributed by atoms with E-state index in [9.17, 15) is 5.26 Å². The molecular formula is C52H30N6O. The van der Waals surface area contributed by atoms with Crippen LogP contribution in [0.4, 0.5) is 0 Å². The molecule has 0 bridgehead atoms. The molecule has 12 rings (SSSR count). The highest BCUT2D eigenvalue weighted by molar-refractivity contribution is 6.25. The Labute approximate surface area is 337 Å². The fraction of sp³-hybridized carbons (Fsp3) is 0. The molecule has 0 aliphatic heterocycles. The van der Waals surface area contributed by atoms with Crippen molar-refractivity contribution in [1.29, 1.82) is 5.26 Å². The van der Waals surface area contributed by atoms with Crippen LogP contribution < -0.4 is 0 Å². The zero-order valence-corrected chi connectivity index (χ0v) is 31.4. The van der Waals surface area contributed by atoms with Crippen LogP contribution in [-0.4, -0.2) is 24.1 Å². The molecule has 12 aromatic rings. The van der Waals surface area contributed by atoms with E-state index in [2.05, 4.69) is 106 Å². The Hall–Kier alpha value is -8.34. The Kier molecular flexibility index (Phi) is 7.16. The first kappa shape index (κ1) is 32.9. The van der Waals surface area contributed by atoms with Gasteiger partial charge in [-0.3, -0.25) is 0 Å². The summed E-state index contributed by atoms with van der Waals surface area (Å²) in [5, 5.41) is 17.5. The van der Waals surface area contributed by atoms with Gasteiger partial charge in [0.1, 0.15) is 17.2 Å². The summed E-state index contributed by atoms with van der Waals surface area (Å²) in [4.78, 5) is 15.1. The molecule has 0 N–H and O–H groups in total. The highest BCUT2D eigenvalue weighted by Crippen LogP contribution is 2.46. The van der Waals surface area contributed by atoms with E-state index in [0.29, 0.717) is 39.8 Å². The molecule has 0 atom stereocenters. The van der Waals surface area contributed by atoms with Crippen LogP contribution in [0.3, 0.4) is 0 Å². The molecular weight excluding hydrogens is 725 g/mol. The van der Waals surface area contributed by atoms with Crippen LogP contribution in [0.25, 0.3) is 111 Å². The molecule has 0 spiro atoms. The number of fused-ring (bicyclic) bond motifs is 10. The van der Waals surface area contributed by atoms with E-state index in [0.717, 1.165) is 76.9 Å². The minimum absolute atomic E-state index is 0.415. The van der Waals surface area contributed by atoms with Crippen molar-refractivity contribution in [2.24, 2.45) is 0 Å². The molecule has 0 unspecified atom stereocenters. The average Bonchev–Trinajstić information content (AvgIpc) is 3.97. The summed E-state index contributed by atoms with van der Waals surface area (Å²) < 4.78 is 11.5. The van der Waals surface area contributed by atoms with E-state index in [-0.39, 0.29) is 0 Å². The van der Waals surface area contributed by atoms with E-state index in [1.165, 1.54) is 0 Å². The van der Waals surface area contributed by atoms with E-state index >= 15 is 0 Å². The molecule has 0 saturated heterocycles. The van der Waals surface area contributed by atoms with Crippen LogP contribution in [0, 0.1) is 11.3 Å². The molecule has 274 valence electrons. The van der Waals surface area contributed by atoms with Gasteiger partial charge in [0, 0.05) is 43.7 Å². The first-order valence-electron chi connectivity index (χ1n) is 19.5. The number of benzene rings is 8. The predicted molar refractivity (Wildman–Crippen MR) is 237 cm³/mol. The van der Waals surface area contributed by atoms with Crippen molar-refractivity contribution in [1.82, 2.24) is 24.1 Å². The van der Waals surface area contributed by atoms with Crippen LogP contribution in [-0.2, 0) is 0 Å². The number of hydrogen-bond donors (Lipinski definition) is 0. The van der Waals surface area contributed by atoms with Crippen LogP contribution in [0.2, 0.25) is 0 Å². The van der Waals surface area contributed by atoms with E-state index in [1.807, 2.05) is 91.0 Å². The first-order chi connectivity index (χ1) is 29.2. The highest BCUT2D eigenvalue weighted by Gasteiger charge is 2.28. The number of rotatable bonds is 5. The van der Waals surface area contributed by atoms with Gasteiger partial charge in [-0.1, -0.05) is 146 Å². The van der Waals surface area contributed by atoms with Gasteiger partial charge < -0.3 is 13.6 Å². The second-order valence-corrected chi connectivity index (χ2v) is 14.7. The predicted octanol–water partition coefficient (Wildman–Crippen LogP) is 12.8. The second kappa shape index (κ2) is 12.8. The van der Waals surface area contributed by atoms with Gasteiger partial charge >= 0.3 is 0 Å². The SMILES string of the molecule is N#Cc1cc(-c2nc(-c3ccccc3)nc(-c3ccccc3)n2)c2oc3ccccc3c2c1-n1c2ccccc2c2ccc3c4ccccc4n(-c4ccccc4)c3c21. The minimum atomic E-state index is 0.415. The molecule has 7 nitrogen and oxygen atoms in total. The van der Waals surface area contributed by atoms with Gasteiger partial charge in [0.05, 0.1) is 44.3 Å². The van der Waals surface area contributed by atoms with Crippen molar-refractivity contribution in [3.63, 3.8) is 0 Å². The summed E-state index contributed by atoms with van der Waals surface area (Å²) in [5.41, 5.74) is 9.99. The van der Waals surface area contributed by atoms with Gasteiger partial charge in [-0.2, -0.15) is 5.26 Å². The average molecular weight is 755 g/mol. The molecule has 0 aliphatic rings. The fourth-order valence-electron chi connectivity index (χ4n) is 8.87. The van der Waals surface area contributed by atoms with Crippen molar-refractivity contribution in [2.75, 3.05) is 0 Å². The highest BCUT2D eigenvalue weighted by atomic mass is 16.3. The normalized spacial score (nSPS) is 11.7. The summed E-state index contributed by atoms with van der Waals surface area (Å²) in [6, 6.07) is 64.4. The number of para-hydroxylation sites is 4. The fourth-order valence-corrected chi connectivity index (χ4v) is 8.87. The zero-order chi connectivity index (χ0) is 39.0. The van der Waals surface area contributed by atoms with E-state index in [4.69, 9.17) is 19.4 Å². The third-order valence-corrected chi connectivity index (χ3v) is 11.4. The third-order valence-electron chi connectivity index (χ3n) is 11.4. The minimum Gasteiger partial charge on any atom is -0.455 e. The number of furan rings is 1. The monoisotopic (exact) mass is 754 g/mol. The molecule has 8 aromatic carbocycles. The zero-order valence-electron chi connectivity index (χ0n) is 31.4. The van der Waals surface area contributed by atoms with Gasteiger partial charge in [-0.05, 0) is 36.4 Å². The lowest BCUT2D eigenvalue weighted by Gasteiger charge is -2.16. The standard InChI is InChI=1S/C52H30N6O/c53-31-34-30-41(52-55-50(32-16-4-1-5-17-32)54-51(56-52)33-18-6-2-7-19-33)49-45(40-24-12-15-27-44(40)59-49)46(34)58-43-26-14-11-23-37(43)39-29-28-38-36-22-10-13-25-42(36)57(47(38)48(39)58)35-20-8-3-9-21-35/h1-30H. The maximum atomic E-state index is 11.4. The molecule has 0 amide bonds. The smallest absolute Gasteiger partial charge is 0.167 e. The molecule has 0 radical (unpaired) electrons. The Morgan fingerprint density at radius 2 is 0.949 bits per heavy atom. The van der Waals surface area contributed by atoms with Crippen molar-refractivity contribution in [3.05, 3.63) is 188 Å². The number of nitrogens with zero attached hydrogens (tertiary/aromatic N) is 6. The number of aromatic nitrogens is 5. The van der Waals surface area contributed by atoms with Gasteiger partial charge in [-0.15, -0.1) is 0 Å². The molecule has 0 aliphatic carbocycles. The van der Waals surface area contributed by atoms with E-state index < -0.39 is 0 Å². The molecule has 59 heavy (non-hydrogen) atoms. The van der Waals surface area contributed by atoms with Crippen LogP contribution in [0.5, 0.6) is 0 Å². The van der Waals surface area contributed by atoms with Crippen molar-refractivity contribution in [3.8, 4) is 51.6 Å². The number of nitriles is 1. The largest absolute Gasteiger partial charge is 0.455 e. The lowest BCUT2D eigenvalue weighted by molar-refractivity contribution is 0.669. The van der Waals surface area contributed by atoms with Gasteiger partial charge in [0.2, 0.25) is 0 Å². The quantitative estimate of drug-likeness (QED) is 0.175. The molecule has 0 fully saturated rings. The third kappa shape index (κ3) is 4.90. The Morgan fingerprint density at radius 3 is 1.56 bits per heavy atom. The molecule has 0 saturated carbocycles. The van der Waals surface area contributed by atoms with Crippen LogP contribution >= 0.6 is 0 Å². The Bertz CT molecular complexity index is 3610. The van der Waals surface area contributed by atoms with Crippen molar-refractivity contribution in [2.45, 2.75) is 0 Å². The van der Waals surface area contributed by atoms with Crippen LogP contribution in [0.1, 0.15) is 5.56 Å². The lowest BCUT2D eigenvalue weighted by atomic mass is 10.0. The summed E-state index contributed by atoms with van der Waals surface area (Å²) in [7, 11) is 0. The summed E-state index contributed by atoms with van der Waals surface area (Å²) in [6.07, 6.45) is 0. The Morgan fingerprint density at radius 1 is 0.458 bits per heavy atom. The summed E-state index contributed by atoms with van der Waals surface area (Å²) >= 11 is 0. The lowest BCUT2D eigenvalue weighted by Crippen LogP contribution is -2.04. The molecule has 4 aromatic heterocycles. The van der Waals surface area contributed by atoms with E-state index in [1.54, 1.807) is 0 Å². The maximum Gasteiger partial charge on any atom is 0.167 e. The van der Waals surface area contributed by atoms with Gasteiger partial charge in [-0.25, -0.2) is 15.0 Å². The summed E-state index contributed by atoms with van der Waals surface area (Å²) in [6.45, 7) is 0. The van der Waals surface area contributed by atoms with Crippen molar-refractivity contribution < 1.29 is 4.42 Å². The topological polar surface area (TPSA) is 85.5 Å². The maximum absolute atomic E-state index is 11.4. The molecule has 4 heterocycles. The first-order valence-corrected chi connectivity index (χ1v) is 19.5. The summed E-state index contributed by atoms with van der Waals surface area (Å²) in [5.74, 6) is 1.47. The molecule has 7 heteroatoms. The van der Waals surface area contributed by atoms with Crippen LogP contribution in [0.15, 0.2) is 186 Å². The number of hydrogen-bond acceptors (Lipinski definition) is 5. The van der Waals surface area contributed by atoms with Crippen molar-refractivity contribution >= 4 is 65.6 Å². The second-order valence-electron chi connectivity index (χ2n) is 14.7. The Balaban J connectivity index is 1.25.